The van der Waals surface area contributed by atoms with Gasteiger partial charge in [0.1, 0.15) is 10.8 Å². The molecule has 0 aliphatic heterocycles. The van der Waals surface area contributed by atoms with E-state index < -0.39 is 0 Å². The predicted molar refractivity (Wildman–Crippen MR) is 84.9 cm³/mol. The Bertz CT molecular complexity index is 558. The van der Waals surface area contributed by atoms with Gasteiger partial charge in [0.2, 0.25) is 5.95 Å². The van der Waals surface area contributed by atoms with Crippen molar-refractivity contribution in [1.82, 2.24) is 9.97 Å². The zero-order chi connectivity index (χ0) is 14.4. The molecule has 6 heteroatoms. The smallest absolute Gasteiger partial charge is 0.224 e. The molecule has 0 aliphatic carbocycles. The molecule has 0 atom stereocenters. The number of aromatic nitrogens is 2. The summed E-state index contributed by atoms with van der Waals surface area (Å²) in [6, 6.07) is 7.79. The van der Waals surface area contributed by atoms with Gasteiger partial charge in [-0.15, -0.1) is 0 Å². The van der Waals surface area contributed by atoms with E-state index in [1.807, 2.05) is 31.2 Å². The predicted octanol–water partition coefficient (Wildman–Crippen LogP) is 3.87. The highest BCUT2D eigenvalue weighted by Crippen LogP contribution is 2.19. The van der Waals surface area contributed by atoms with Crippen molar-refractivity contribution in [2.45, 2.75) is 13.3 Å². The van der Waals surface area contributed by atoms with Crippen molar-refractivity contribution >= 4 is 35.0 Å². The van der Waals surface area contributed by atoms with Crippen LogP contribution in [0.1, 0.15) is 12.5 Å². The highest BCUT2D eigenvalue weighted by atomic mass is 35.5. The lowest BCUT2D eigenvalue weighted by Crippen LogP contribution is -2.09. The van der Waals surface area contributed by atoms with Crippen LogP contribution in [-0.4, -0.2) is 23.1 Å². The molecule has 0 saturated carbocycles. The van der Waals surface area contributed by atoms with Gasteiger partial charge in [-0.05, 0) is 31.0 Å². The van der Waals surface area contributed by atoms with Gasteiger partial charge >= 0.3 is 0 Å². The molecule has 1 heterocycles. The minimum atomic E-state index is 0.516. The molecular formula is C14H16Cl2N4. The normalized spacial score (nSPS) is 10.3. The van der Waals surface area contributed by atoms with E-state index in [9.17, 15) is 0 Å². The summed E-state index contributed by atoms with van der Waals surface area (Å²) >= 11 is 11.9. The number of benzene rings is 1. The Hall–Kier alpha value is -1.52. The Labute approximate surface area is 128 Å². The number of nitrogens with zero attached hydrogens (tertiary/aromatic N) is 2. The number of rotatable bonds is 6. The fraction of sp³-hybridized carbons (Fsp3) is 0.286. The van der Waals surface area contributed by atoms with E-state index >= 15 is 0 Å². The Morgan fingerprint density at radius 2 is 1.85 bits per heavy atom. The van der Waals surface area contributed by atoms with Gasteiger partial charge in [0, 0.05) is 18.1 Å². The van der Waals surface area contributed by atoms with Gasteiger partial charge in [-0.25, -0.2) is 4.98 Å². The van der Waals surface area contributed by atoms with Crippen LogP contribution in [0, 0.1) is 0 Å². The molecule has 106 valence electrons. The lowest BCUT2D eigenvalue weighted by Gasteiger charge is -2.09. The van der Waals surface area contributed by atoms with Crippen LogP contribution in [0.25, 0.3) is 0 Å². The van der Waals surface area contributed by atoms with Gasteiger partial charge in [-0.1, -0.05) is 35.3 Å². The van der Waals surface area contributed by atoms with Gasteiger partial charge in [0.15, 0.2) is 0 Å². The van der Waals surface area contributed by atoms with Gasteiger partial charge in [-0.3, -0.25) is 0 Å². The molecular weight excluding hydrogens is 295 g/mol. The average Bonchev–Trinajstić information content (AvgIpc) is 2.45. The molecule has 0 spiro atoms. The fourth-order valence-corrected chi connectivity index (χ4v) is 1.99. The zero-order valence-electron chi connectivity index (χ0n) is 11.2. The quantitative estimate of drug-likeness (QED) is 0.850. The van der Waals surface area contributed by atoms with Crippen LogP contribution in [0.3, 0.4) is 0 Å². The molecule has 0 fully saturated rings. The van der Waals surface area contributed by atoms with Crippen molar-refractivity contribution in [3.8, 4) is 0 Å². The van der Waals surface area contributed by atoms with E-state index in [1.54, 1.807) is 6.20 Å². The minimum absolute atomic E-state index is 0.516. The molecule has 0 amide bonds. The number of hydrogen-bond acceptors (Lipinski definition) is 4. The molecule has 2 aromatic rings. The van der Waals surface area contributed by atoms with Gasteiger partial charge in [0.25, 0.3) is 0 Å². The largest absolute Gasteiger partial charge is 0.368 e. The fourth-order valence-electron chi connectivity index (χ4n) is 1.71. The molecule has 0 unspecified atom stereocenters. The van der Waals surface area contributed by atoms with Crippen LogP contribution in [0.5, 0.6) is 0 Å². The van der Waals surface area contributed by atoms with Crippen molar-refractivity contribution in [3.05, 3.63) is 46.1 Å². The maximum atomic E-state index is 6.07. The van der Waals surface area contributed by atoms with Crippen molar-refractivity contribution in [2.24, 2.45) is 0 Å². The van der Waals surface area contributed by atoms with Crippen LogP contribution in [0.2, 0.25) is 10.0 Å². The molecule has 0 bridgehead atoms. The molecule has 1 aromatic carbocycles. The SMILES string of the molecule is CCNc1ncc(Cl)c(NCCc2ccc(Cl)cc2)n1. The molecule has 0 saturated heterocycles. The number of nitrogens with one attached hydrogen (secondary N) is 2. The van der Waals surface area contributed by atoms with Gasteiger partial charge < -0.3 is 10.6 Å². The highest BCUT2D eigenvalue weighted by molar-refractivity contribution is 6.32. The third-order valence-electron chi connectivity index (χ3n) is 2.70. The Kier molecular flexibility index (Phi) is 5.44. The standard InChI is InChI=1S/C14H16Cl2N4/c1-2-17-14-19-9-12(16)13(20-14)18-8-7-10-3-5-11(15)6-4-10/h3-6,9H,2,7-8H2,1H3,(H2,17,18,19,20). The van der Waals surface area contributed by atoms with E-state index in [2.05, 4.69) is 20.6 Å². The molecule has 2 N–H and O–H groups in total. The summed E-state index contributed by atoms with van der Waals surface area (Å²) in [7, 11) is 0. The van der Waals surface area contributed by atoms with Crippen LogP contribution in [-0.2, 0) is 6.42 Å². The lowest BCUT2D eigenvalue weighted by atomic mass is 10.1. The van der Waals surface area contributed by atoms with Crippen LogP contribution in [0.15, 0.2) is 30.5 Å². The van der Waals surface area contributed by atoms with Crippen LogP contribution >= 0.6 is 23.2 Å². The topological polar surface area (TPSA) is 49.8 Å². The summed E-state index contributed by atoms with van der Waals surface area (Å²) in [5.41, 5.74) is 1.21. The second kappa shape index (κ2) is 7.31. The van der Waals surface area contributed by atoms with Crippen molar-refractivity contribution in [2.75, 3.05) is 23.7 Å². The third-order valence-corrected chi connectivity index (χ3v) is 3.23. The zero-order valence-corrected chi connectivity index (χ0v) is 12.7. The first-order valence-corrected chi connectivity index (χ1v) is 7.19. The second-order valence-corrected chi connectivity index (χ2v) is 5.07. The van der Waals surface area contributed by atoms with E-state index in [4.69, 9.17) is 23.2 Å². The maximum Gasteiger partial charge on any atom is 0.224 e. The number of hydrogen-bond donors (Lipinski definition) is 2. The highest BCUT2D eigenvalue weighted by Gasteiger charge is 2.04. The van der Waals surface area contributed by atoms with Gasteiger partial charge in [-0.2, -0.15) is 4.98 Å². The molecule has 0 aliphatic rings. The summed E-state index contributed by atoms with van der Waals surface area (Å²) in [6.45, 7) is 3.50. The van der Waals surface area contributed by atoms with E-state index in [-0.39, 0.29) is 0 Å². The van der Waals surface area contributed by atoms with Gasteiger partial charge in [0.05, 0.1) is 6.20 Å². The average molecular weight is 311 g/mol. The number of anilines is 2. The van der Waals surface area contributed by atoms with Crippen LogP contribution < -0.4 is 10.6 Å². The van der Waals surface area contributed by atoms with Crippen molar-refractivity contribution in [1.29, 1.82) is 0 Å². The van der Waals surface area contributed by atoms with E-state index in [1.165, 1.54) is 5.56 Å². The lowest BCUT2D eigenvalue weighted by molar-refractivity contribution is 0.995. The Balaban J connectivity index is 1.93. The summed E-state index contributed by atoms with van der Waals surface area (Å²) in [5, 5.41) is 7.54. The van der Waals surface area contributed by atoms with E-state index in [0.717, 1.165) is 24.5 Å². The first kappa shape index (κ1) is 14.9. The molecule has 2 rings (SSSR count). The Morgan fingerprint density at radius 1 is 1.10 bits per heavy atom. The first-order valence-electron chi connectivity index (χ1n) is 6.43. The molecule has 20 heavy (non-hydrogen) atoms. The molecule has 4 nitrogen and oxygen atoms in total. The second-order valence-electron chi connectivity index (χ2n) is 4.22. The van der Waals surface area contributed by atoms with Crippen molar-refractivity contribution < 1.29 is 0 Å². The van der Waals surface area contributed by atoms with E-state index in [0.29, 0.717) is 16.8 Å². The monoisotopic (exact) mass is 310 g/mol. The third kappa shape index (κ3) is 4.25. The summed E-state index contributed by atoms with van der Waals surface area (Å²) in [4.78, 5) is 8.42. The summed E-state index contributed by atoms with van der Waals surface area (Å²) in [5.74, 6) is 1.22. The summed E-state index contributed by atoms with van der Waals surface area (Å²) < 4.78 is 0. The van der Waals surface area contributed by atoms with Crippen LogP contribution in [0.4, 0.5) is 11.8 Å². The van der Waals surface area contributed by atoms with Crippen molar-refractivity contribution in [3.63, 3.8) is 0 Å². The maximum absolute atomic E-state index is 6.07. The number of halogens is 2. The Morgan fingerprint density at radius 3 is 2.55 bits per heavy atom. The molecule has 0 radical (unpaired) electrons. The minimum Gasteiger partial charge on any atom is -0.368 e. The summed E-state index contributed by atoms with van der Waals surface area (Å²) in [6.07, 6.45) is 2.46. The molecule has 1 aromatic heterocycles. The first-order chi connectivity index (χ1) is 9.69.